The van der Waals surface area contributed by atoms with E-state index in [-0.39, 0.29) is 11.3 Å². The first-order valence-electron chi connectivity index (χ1n) is 6.75. The second-order valence-electron chi connectivity index (χ2n) is 4.67. The molecule has 2 N–H and O–H groups in total. The predicted molar refractivity (Wildman–Crippen MR) is 88.3 cm³/mol. The van der Waals surface area contributed by atoms with Crippen molar-refractivity contribution in [2.24, 2.45) is 0 Å². The maximum atomic E-state index is 12.1. The molecule has 0 saturated carbocycles. The smallest absolute Gasteiger partial charge is 0.259 e. The Bertz CT molecular complexity index is 906. The Morgan fingerprint density at radius 2 is 2.09 bits per heavy atom. The SMILES string of the molecule is CCOc1cc(-c2nc3ccccc3c(=O)[nH]2)cc(Br)c1O. The van der Waals surface area contributed by atoms with Crippen LogP contribution < -0.4 is 10.3 Å². The Hall–Kier alpha value is -2.34. The first-order chi connectivity index (χ1) is 10.6. The molecule has 0 aliphatic rings. The Morgan fingerprint density at radius 1 is 1.32 bits per heavy atom. The lowest BCUT2D eigenvalue weighted by Gasteiger charge is -2.10. The Morgan fingerprint density at radius 3 is 2.86 bits per heavy atom. The number of aromatic hydroxyl groups is 1. The van der Waals surface area contributed by atoms with Crippen molar-refractivity contribution in [2.75, 3.05) is 6.61 Å². The lowest BCUT2D eigenvalue weighted by Crippen LogP contribution is -2.09. The minimum Gasteiger partial charge on any atom is -0.503 e. The molecule has 1 aromatic heterocycles. The third-order valence-corrected chi connectivity index (χ3v) is 3.82. The summed E-state index contributed by atoms with van der Waals surface area (Å²) in [6.07, 6.45) is 0. The van der Waals surface area contributed by atoms with Crippen LogP contribution in [0, 0.1) is 0 Å². The number of H-pyrrole nitrogens is 1. The van der Waals surface area contributed by atoms with E-state index in [2.05, 4.69) is 25.9 Å². The van der Waals surface area contributed by atoms with Crippen LogP contribution in [0.25, 0.3) is 22.3 Å². The Balaban J connectivity index is 2.21. The van der Waals surface area contributed by atoms with Gasteiger partial charge in [-0.15, -0.1) is 0 Å². The van der Waals surface area contributed by atoms with Crippen LogP contribution in [-0.4, -0.2) is 21.7 Å². The van der Waals surface area contributed by atoms with E-state index in [1.807, 2.05) is 13.0 Å². The fourth-order valence-electron chi connectivity index (χ4n) is 2.20. The molecule has 1 heterocycles. The molecule has 0 fully saturated rings. The van der Waals surface area contributed by atoms with Crippen molar-refractivity contribution < 1.29 is 9.84 Å². The van der Waals surface area contributed by atoms with E-state index in [4.69, 9.17) is 4.74 Å². The molecule has 0 aliphatic carbocycles. The number of phenols is 1. The molecular weight excluding hydrogens is 348 g/mol. The number of nitrogens with zero attached hydrogens (tertiary/aromatic N) is 1. The van der Waals surface area contributed by atoms with E-state index in [9.17, 15) is 9.90 Å². The van der Waals surface area contributed by atoms with Crippen molar-refractivity contribution in [3.8, 4) is 22.9 Å². The summed E-state index contributed by atoms with van der Waals surface area (Å²) >= 11 is 3.28. The van der Waals surface area contributed by atoms with E-state index >= 15 is 0 Å². The third kappa shape index (κ3) is 2.57. The van der Waals surface area contributed by atoms with E-state index in [0.29, 0.717) is 39.1 Å². The van der Waals surface area contributed by atoms with Crippen LogP contribution in [0.15, 0.2) is 45.7 Å². The predicted octanol–water partition coefficient (Wildman–Crippen LogP) is 3.46. The first-order valence-corrected chi connectivity index (χ1v) is 7.54. The van der Waals surface area contributed by atoms with Gasteiger partial charge in [0.1, 0.15) is 5.82 Å². The minimum absolute atomic E-state index is 0.0220. The summed E-state index contributed by atoms with van der Waals surface area (Å²) in [6.45, 7) is 2.25. The van der Waals surface area contributed by atoms with Crippen LogP contribution in [-0.2, 0) is 0 Å². The van der Waals surface area contributed by atoms with Gasteiger partial charge in [-0.1, -0.05) is 12.1 Å². The lowest BCUT2D eigenvalue weighted by atomic mass is 10.1. The van der Waals surface area contributed by atoms with E-state index in [1.165, 1.54) is 0 Å². The molecule has 0 bridgehead atoms. The van der Waals surface area contributed by atoms with Crippen LogP contribution in [0.5, 0.6) is 11.5 Å². The van der Waals surface area contributed by atoms with Crippen LogP contribution in [0.1, 0.15) is 6.92 Å². The highest BCUT2D eigenvalue weighted by molar-refractivity contribution is 9.10. The highest BCUT2D eigenvalue weighted by Crippen LogP contribution is 2.38. The molecule has 22 heavy (non-hydrogen) atoms. The summed E-state index contributed by atoms with van der Waals surface area (Å²) < 4.78 is 5.87. The third-order valence-electron chi connectivity index (χ3n) is 3.21. The quantitative estimate of drug-likeness (QED) is 0.749. The van der Waals surface area contributed by atoms with Crippen LogP contribution >= 0.6 is 15.9 Å². The van der Waals surface area contributed by atoms with Crippen LogP contribution in [0.2, 0.25) is 0 Å². The zero-order valence-electron chi connectivity index (χ0n) is 11.8. The average Bonchev–Trinajstić information content (AvgIpc) is 2.52. The van der Waals surface area contributed by atoms with Gasteiger partial charge in [-0.3, -0.25) is 4.79 Å². The number of benzene rings is 2. The number of rotatable bonds is 3. The minimum atomic E-state index is -0.206. The van der Waals surface area contributed by atoms with Gasteiger partial charge in [-0.05, 0) is 47.1 Å². The lowest BCUT2D eigenvalue weighted by molar-refractivity contribution is 0.317. The maximum absolute atomic E-state index is 12.1. The van der Waals surface area contributed by atoms with Crippen molar-refractivity contribution in [2.45, 2.75) is 6.92 Å². The van der Waals surface area contributed by atoms with Crippen molar-refractivity contribution >= 4 is 26.8 Å². The number of halogens is 1. The second kappa shape index (κ2) is 5.81. The van der Waals surface area contributed by atoms with Crippen molar-refractivity contribution in [3.63, 3.8) is 0 Å². The first kappa shape index (κ1) is 14.6. The highest BCUT2D eigenvalue weighted by Gasteiger charge is 2.13. The molecule has 0 radical (unpaired) electrons. The monoisotopic (exact) mass is 360 g/mol. The number of hydrogen-bond acceptors (Lipinski definition) is 4. The van der Waals surface area contributed by atoms with Crippen LogP contribution in [0.3, 0.4) is 0 Å². The van der Waals surface area contributed by atoms with Gasteiger partial charge in [-0.25, -0.2) is 4.98 Å². The van der Waals surface area contributed by atoms with Gasteiger partial charge in [0, 0.05) is 5.56 Å². The van der Waals surface area contributed by atoms with E-state index in [1.54, 1.807) is 30.3 Å². The van der Waals surface area contributed by atoms with Gasteiger partial charge in [0.2, 0.25) is 0 Å². The van der Waals surface area contributed by atoms with Gasteiger partial charge in [-0.2, -0.15) is 0 Å². The van der Waals surface area contributed by atoms with Gasteiger partial charge < -0.3 is 14.8 Å². The van der Waals surface area contributed by atoms with Gasteiger partial charge in [0.05, 0.1) is 22.0 Å². The standard InChI is InChI=1S/C16H13BrN2O3/c1-2-22-13-8-9(7-11(17)14(13)20)15-18-12-6-4-3-5-10(12)16(21)19-15/h3-8,20H,2H2,1H3,(H,18,19,21). The zero-order chi connectivity index (χ0) is 15.7. The molecule has 0 spiro atoms. The molecule has 6 heteroatoms. The number of ether oxygens (including phenoxy) is 1. The average molecular weight is 361 g/mol. The highest BCUT2D eigenvalue weighted by atomic mass is 79.9. The number of nitrogens with one attached hydrogen (secondary N) is 1. The molecular formula is C16H13BrN2O3. The molecule has 3 rings (SSSR count). The molecule has 0 atom stereocenters. The second-order valence-corrected chi connectivity index (χ2v) is 5.52. The number of aromatic amines is 1. The molecule has 0 amide bonds. The topological polar surface area (TPSA) is 75.2 Å². The zero-order valence-corrected chi connectivity index (χ0v) is 13.3. The van der Waals surface area contributed by atoms with Crippen molar-refractivity contribution in [1.29, 1.82) is 0 Å². The largest absolute Gasteiger partial charge is 0.503 e. The summed E-state index contributed by atoms with van der Waals surface area (Å²) in [5.74, 6) is 0.779. The number of fused-ring (bicyclic) bond motifs is 1. The fourth-order valence-corrected chi connectivity index (χ4v) is 2.64. The number of phenolic OH excluding ortho intramolecular Hbond substituents is 1. The van der Waals surface area contributed by atoms with E-state index in [0.717, 1.165) is 0 Å². The van der Waals surface area contributed by atoms with Crippen molar-refractivity contribution in [3.05, 3.63) is 51.2 Å². The molecule has 3 aromatic rings. The molecule has 0 aliphatic heterocycles. The number of para-hydroxylation sites is 1. The van der Waals surface area contributed by atoms with Crippen molar-refractivity contribution in [1.82, 2.24) is 9.97 Å². The number of aromatic nitrogens is 2. The summed E-state index contributed by atoms with van der Waals surface area (Å²) in [4.78, 5) is 19.4. The molecule has 5 nitrogen and oxygen atoms in total. The molecule has 2 aromatic carbocycles. The van der Waals surface area contributed by atoms with Gasteiger partial charge in [0.15, 0.2) is 11.5 Å². The van der Waals surface area contributed by atoms with E-state index < -0.39 is 0 Å². The normalized spacial score (nSPS) is 10.8. The van der Waals surface area contributed by atoms with Crippen LogP contribution in [0.4, 0.5) is 0 Å². The van der Waals surface area contributed by atoms with Gasteiger partial charge >= 0.3 is 0 Å². The van der Waals surface area contributed by atoms with Gasteiger partial charge in [0.25, 0.3) is 5.56 Å². The summed E-state index contributed by atoms with van der Waals surface area (Å²) in [7, 11) is 0. The fraction of sp³-hybridized carbons (Fsp3) is 0.125. The summed E-state index contributed by atoms with van der Waals surface area (Å²) in [5, 5.41) is 10.5. The molecule has 0 saturated heterocycles. The number of hydrogen-bond donors (Lipinski definition) is 2. The molecule has 112 valence electrons. The summed E-state index contributed by atoms with van der Waals surface area (Å²) in [6, 6.07) is 10.5. The molecule has 0 unspecified atom stereocenters. The Kier molecular flexibility index (Phi) is 3.85. The Labute approximate surface area is 134 Å². The summed E-state index contributed by atoms with van der Waals surface area (Å²) in [5.41, 5.74) is 1.06. The maximum Gasteiger partial charge on any atom is 0.259 e.